The zero-order valence-corrected chi connectivity index (χ0v) is 25.6. The van der Waals surface area contributed by atoms with Crippen molar-refractivity contribution in [3.05, 3.63) is 98.6 Å². The van der Waals surface area contributed by atoms with E-state index in [2.05, 4.69) is 4.74 Å². The minimum atomic E-state index is -5.03. The first-order valence-corrected chi connectivity index (χ1v) is 16.1. The molecule has 1 unspecified atom stereocenters. The van der Waals surface area contributed by atoms with Crippen molar-refractivity contribution in [3.8, 4) is 5.75 Å². The largest absolute Gasteiger partial charge is 0.573 e. The highest BCUT2D eigenvalue weighted by atomic mass is 19.4. The van der Waals surface area contributed by atoms with Crippen molar-refractivity contribution < 1.29 is 44.3 Å². The van der Waals surface area contributed by atoms with E-state index in [9.17, 15) is 26.3 Å². The van der Waals surface area contributed by atoms with E-state index in [0.717, 1.165) is 31.4 Å². The first-order chi connectivity index (χ1) is 21.9. The number of benzene rings is 3. The van der Waals surface area contributed by atoms with Crippen LogP contribution in [0, 0.1) is 40.8 Å². The molecule has 0 radical (unpaired) electrons. The zero-order chi connectivity index (χ0) is 33.2. The van der Waals surface area contributed by atoms with Gasteiger partial charge in [0.15, 0.2) is 34.8 Å². The highest BCUT2D eigenvalue weighted by Crippen LogP contribution is 2.45. The van der Waals surface area contributed by atoms with Crippen LogP contribution in [0.4, 0.5) is 39.5 Å². The number of halogens is 9. The molecule has 3 aromatic carbocycles. The first-order valence-electron chi connectivity index (χ1n) is 16.1. The second kappa shape index (κ2) is 14.3. The normalized spacial score (nSPS) is 20.1. The van der Waals surface area contributed by atoms with E-state index in [1.54, 1.807) is 12.1 Å². The molecule has 1 atom stereocenters. The summed E-state index contributed by atoms with van der Waals surface area (Å²) < 4.78 is 131. The van der Waals surface area contributed by atoms with Gasteiger partial charge in [0.1, 0.15) is 5.82 Å². The Labute approximate surface area is 263 Å². The van der Waals surface area contributed by atoms with E-state index in [0.29, 0.717) is 56.1 Å². The Hall–Kier alpha value is -3.17. The first kappa shape index (κ1) is 34.2. The molecule has 0 aromatic heterocycles. The van der Waals surface area contributed by atoms with Gasteiger partial charge in [0.05, 0.1) is 0 Å². The smallest absolute Gasteiger partial charge is 0.403 e. The van der Waals surface area contributed by atoms with Gasteiger partial charge in [-0.15, -0.1) is 13.2 Å². The molecule has 0 saturated heterocycles. The second-order valence-electron chi connectivity index (χ2n) is 12.7. The fourth-order valence-corrected chi connectivity index (χ4v) is 7.23. The number of alkyl halides is 3. The summed E-state index contributed by atoms with van der Waals surface area (Å²) in [7, 11) is 0. The Bertz CT molecular complexity index is 1540. The number of ether oxygens (including phenoxy) is 1. The van der Waals surface area contributed by atoms with Gasteiger partial charge in [-0.2, -0.15) is 0 Å². The van der Waals surface area contributed by atoms with Gasteiger partial charge >= 0.3 is 6.36 Å². The van der Waals surface area contributed by atoms with Crippen molar-refractivity contribution >= 4 is 0 Å². The number of fused-ring (bicyclic) bond motifs is 1. The molecule has 2 aliphatic carbocycles. The van der Waals surface area contributed by atoms with Gasteiger partial charge in [-0.1, -0.05) is 38.0 Å². The second-order valence-corrected chi connectivity index (χ2v) is 12.7. The van der Waals surface area contributed by atoms with Crippen molar-refractivity contribution in [1.29, 1.82) is 0 Å². The Kier molecular flexibility index (Phi) is 10.6. The highest BCUT2D eigenvalue weighted by Gasteiger charge is 2.36. The maximum absolute atomic E-state index is 15.8. The lowest BCUT2D eigenvalue weighted by molar-refractivity contribution is -0.275. The van der Waals surface area contributed by atoms with Crippen molar-refractivity contribution in [3.63, 3.8) is 0 Å². The Morgan fingerprint density at radius 2 is 1.35 bits per heavy atom. The molecule has 1 saturated carbocycles. The Morgan fingerprint density at radius 3 is 1.98 bits per heavy atom. The third-order valence-corrected chi connectivity index (χ3v) is 9.76. The van der Waals surface area contributed by atoms with Crippen LogP contribution in [0.5, 0.6) is 5.75 Å². The number of aryl methyl sites for hydroxylation is 2. The summed E-state index contributed by atoms with van der Waals surface area (Å²) >= 11 is 0. The minimum Gasteiger partial charge on any atom is -0.403 e. The summed E-state index contributed by atoms with van der Waals surface area (Å²) in [6, 6.07) is 6.44. The molecule has 2 aliphatic rings. The van der Waals surface area contributed by atoms with E-state index in [4.69, 9.17) is 0 Å². The van der Waals surface area contributed by atoms with Crippen molar-refractivity contribution in [2.45, 2.75) is 109 Å². The standard InChI is InChI=1S/C36H37F9O/c1-2-3-4-5-23-13-14-24(32(39)31(23)38)8-6-20-7-16-26-27(18-20)34(41)35(42)30(33(26)40)22-11-9-21(10-12-22)25-15-17-29(28(37)19-25)46-36(43,44)45/h13-15,17,19-22H,2-12,16,18H2,1H3. The fourth-order valence-electron chi connectivity index (χ4n) is 7.23. The predicted octanol–water partition coefficient (Wildman–Crippen LogP) is 11.3. The average molecular weight is 657 g/mol. The average Bonchev–Trinajstić information content (AvgIpc) is 3.02. The van der Waals surface area contributed by atoms with Gasteiger partial charge in [-0.05, 0) is 128 Å². The molecule has 10 heteroatoms. The summed E-state index contributed by atoms with van der Waals surface area (Å²) in [6.07, 6.45) is 0.927. The molecule has 46 heavy (non-hydrogen) atoms. The van der Waals surface area contributed by atoms with Crippen molar-refractivity contribution in [2.75, 3.05) is 0 Å². The fraction of sp³-hybridized carbons (Fsp3) is 0.500. The summed E-state index contributed by atoms with van der Waals surface area (Å²) in [4.78, 5) is 0. The maximum atomic E-state index is 15.8. The van der Waals surface area contributed by atoms with E-state index in [-0.39, 0.29) is 53.4 Å². The van der Waals surface area contributed by atoms with Crippen molar-refractivity contribution in [2.24, 2.45) is 5.92 Å². The van der Waals surface area contributed by atoms with Crippen LogP contribution in [-0.4, -0.2) is 6.36 Å². The molecular weight excluding hydrogens is 619 g/mol. The third kappa shape index (κ3) is 7.52. The monoisotopic (exact) mass is 656 g/mol. The topological polar surface area (TPSA) is 9.23 Å². The third-order valence-electron chi connectivity index (χ3n) is 9.76. The SMILES string of the molecule is CCCCCc1ccc(CCC2CCc3c(F)c(C4CCC(c5ccc(OC(F)(F)F)c(F)c5)CC4)c(F)c(F)c3C2)c(F)c1F. The van der Waals surface area contributed by atoms with Crippen LogP contribution in [0.25, 0.3) is 0 Å². The van der Waals surface area contributed by atoms with Crippen LogP contribution in [0.15, 0.2) is 30.3 Å². The minimum absolute atomic E-state index is 0.00162. The molecule has 1 fully saturated rings. The van der Waals surface area contributed by atoms with Crippen molar-refractivity contribution in [1.82, 2.24) is 0 Å². The molecule has 0 spiro atoms. The molecule has 0 heterocycles. The zero-order valence-electron chi connectivity index (χ0n) is 25.6. The van der Waals surface area contributed by atoms with Gasteiger partial charge < -0.3 is 4.74 Å². The number of hydrogen-bond donors (Lipinski definition) is 0. The van der Waals surface area contributed by atoms with E-state index in [1.807, 2.05) is 6.92 Å². The molecule has 5 rings (SSSR count). The molecule has 0 aliphatic heterocycles. The van der Waals surface area contributed by atoms with Gasteiger partial charge in [-0.25, -0.2) is 26.3 Å². The summed E-state index contributed by atoms with van der Waals surface area (Å²) in [5, 5.41) is 0. The lowest BCUT2D eigenvalue weighted by atomic mass is 9.73. The quantitative estimate of drug-likeness (QED) is 0.120. The lowest BCUT2D eigenvalue weighted by Crippen LogP contribution is -2.23. The number of rotatable bonds is 10. The Morgan fingerprint density at radius 1 is 0.696 bits per heavy atom. The molecule has 0 N–H and O–H groups in total. The molecule has 0 bridgehead atoms. The number of unbranched alkanes of at least 4 members (excludes halogenated alkanes) is 2. The highest BCUT2D eigenvalue weighted by molar-refractivity contribution is 5.41. The Balaban J connectivity index is 1.23. The molecule has 1 nitrogen and oxygen atoms in total. The summed E-state index contributed by atoms with van der Waals surface area (Å²) in [6.45, 7) is 2.03. The predicted molar refractivity (Wildman–Crippen MR) is 157 cm³/mol. The molecule has 250 valence electrons. The van der Waals surface area contributed by atoms with Crippen LogP contribution in [0.2, 0.25) is 0 Å². The van der Waals surface area contributed by atoms with E-state index in [1.165, 1.54) is 6.07 Å². The van der Waals surface area contributed by atoms with Gasteiger partial charge in [-0.3, -0.25) is 0 Å². The molecule has 3 aromatic rings. The van der Waals surface area contributed by atoms with Gasteiger partial charge in [0.2, 0.25) is 0 Å². The van der Waals surface area contributed by atoms with Crippen LogP contribution >= 0.6 is 0 Å². The molecular formula is C36H37F9O. The lowest BCUT2D eigenvalue weighted by Gasteiger charge is -2.32. The van der Waals surface area contributed by atoms with E-state index >= 15 is 13.2 Å². The van der Waals surface area contributed by atoms with Crippen LogP contribution in [-0.2, 0) is 25.7 Å². The summed E-state index contributed by atoms with van der Waals surface area (Å²) in [5.74, 6) is -7.83. The van der Waals surface area contributed by atoms with Crippen LogP contribution < -0.4 is 4.74 Å². The van der Waals surface area contributed by atoms with Crippen LogP contribution in [0.1, 0.15) is 110 Å². The maximum Gasteiger partial charge on any atom is 0.573 e. The van der Waals surface area contributed by atoms with Crippen LogP contribution in [0.3, 0.4) is 0 Å². The van der Waals surface area contributed by atoms with E-state index < -0.39 is 52.9 Å². The van der Waals surface area contributed by atoms with Gasteiger partial charge in [0.25, 0.3) is 0 Å². The summed E-state index contributed by atoms with van der Waals surface area (Å²) in [5.41, 5.74) is 0.909. The van der Waals surface area contributed by atoms with Gasteiger partial charge in [0, 0.05) is 5.56 Å². The number of hydrogen-bond acceptors (Lipinski definition) is 1. The molecule has 0 amide bonds.